The monoisotopic (exact) mass is 390 g/mol. The molecule has 2 aromatic carbocycles. The number of halogens is 1. The molecule has 0 fully saturated rings. The number of hydrazone groups is 1. The standard InChI is InChI=1S/C18H19BrN2O3/c1-12-5-4-6-13(2)18(12)24-11-17(22)21-20-10-14-9-15(19)7-8-16(14)23-3/h4-10H,11H2,1-3H3,(H,21,22)/b20-10+. The van der Waals surface area contributed by atoms with Gasteiger partial charge in [0.15, 0.2) is 6.61 Å². The second-order valence-corrected chi connectivity index (χ2v) is 6.10. The average molecular weight is 391 g/mol. The zero-order chi connectivity index (χ0) is 17.5. The molecule has 0 aliphatic heterocycles. The third-order valence-corrected chi connectivity index (χ3v) is 3.83. The van der Waals surface area contributed by atoms with E-state index in [1.807, 2.05) is 50.2 Å². The highest BCUT2D eigenvalue weighted by molar-refractivity contribution is 9.10. The van der Waals surface area contributed by atoms with Gasteiger partial charge in [0.05, 0.1) is 13.3 Å². The van der Waals surface area contributed by atoms with Crippen LogP contribution < -0.4 is 14.9 Å². The molecule has 0 atom stereocenters. The lowest BCUT2D eigenvalue weighted by Gasteiger charge is -2.10. The molecular formula is C18H19BrN2O3. The molecule has 1 N–H and O–H groups in total. The molecule has 1 amide bonds. The van der Waals surface area contributed by atoms with Crippen LogP contribution in [0.15, 0.2) is 46.0 Å². The summed E-state index contributed by atoms with van der Waals surface area (Å²) in [5, 5.41) is 3.94. The number of methoxy groups -OCH3 is 1. The molecule has 126 valence electrons. The van der Waals surface area contributed by atoms with Crippen LogP contribution in [0.5, 0.6) is 11.5 Å². The van der Waals surface area contributed by atoms with Gasteiger partial charge in [-0.25, -0.2) is 5.43 Å². The molecule has 0 unspecified atom stereocenters. The van der Waals surface area contributed by atoms with Crippen LogP contribution in [0.3, 0.4) is 0 Å². The zero-order valence-electron chi connectivity index (χ0n) is 13.8. The van der Waals surface area contributed by atoms with Gasteiger partial charge < -0.3 is 9.47 Å². The summed E-state index contributed by atoms with van der Waals surface area (Å²) in [5.41, 5.74) is 5.18. The molecule has 6 heteroatoms. The van der Waals surface area contributed by atoms with E-state index in [9.17, 15) is 4.79 Å². The molecule has 0 aliphatic carbocycles. The maximum absolute atomic E-state index is 11.9. The Morgan fingerprint density at radius 2 is 1.96 bits per heavy atom. The van der Waals surface area contributed by atoms with Gasteiger partial charge in [-0.05, 0) is 43.2 Å². The minimum atomic E-state index is -0.331. The third-order valence-electron chi connectivity index (χ3n) is 3.34. The van der Waals surface area contributed by atoms with Gasteiger partial charge in [-0.15, -0.1) is 0 Å². The molecule has 0 saturated carbocycles. The molecule has 0 radical (unpaired) electrons. The fraction of sp³-hybridized carbons (Fsp3) is 0.222. The maximum Gasteiger partial charge on any atom is 0.277 e. The first kappa shape index (κ1) is 18.0. The Balaban J connectivity index is 1.93. The van der Waals surface area contributed by atoms with E-state index in [2.05, 4.69) is 26.5 Å². The van der Waals surface area contributed by atoms with Crippen LogP contribution in [0.2, 0.25) is 0 Å². The summed E-state index contributed by atoms with van der Waals surface area (Å²) in [6, 6.07) is 11.4. The lowest BCUT2D eigenvalue weighted by Crippen LogP contribution is -2.25. The molecule has 0 bridgehead atoms. The van der Waals surface area contributed by atoms with Crippen LogP contribution >= 0.6 is 15.9 Å². The van der Waals surface area contributed by atoms with Crippen molar-refractivity contribution in [2.45, 2.75) is 13.8 Å². The number of rotatable bonds is 6. The van der Waals surface area contributed by atoms with E-state index in [1.54, 1.807) is 7.11 Å². The Kier molecular flexibility index (Phi) is 6.37. The Morgan fingerprint density at radius 1 is 1.25 bits per heavy atom. The molecule has 0 spiro atoms. The first-order chi connectivity index (χ1) is 11.5. The molecule has 5 nitrogen and oxygen atoms in total. The maximum atomic E-state index is 11.9. The predicted molar refractivity (Wildman–Crippen MR) is 97.8 cm³/mol. The van der Waals surface area contributed by atoms with Crippen molar-refractivity contribution in [3.63, 3.8) is 0 Å². The van der Waals surface area contributed by atoms with E-state index in [0.717, 1.165) is 26.9 Å². The molecule has 24 heavy (non-hydrogen) atoms. The SMILES string of the molecule is COc1ccc(Br)cc1/C=N/NC(=O)COc1c(C)cccc1C. The van der Waals surface area contributed by atoms with Crippen molar-refractivity contribution in [3.8, 4) is 11.5 Å². The van der Waals surface area contributed by atoms with Gasteiger partial charge in [-0.3, -0.25) is 4.79 Å². The second kappa shape index (κ2) is 8.49. The largest absolute Gasteiger partial charge is 0.496 e. The van der Waals surface area contributed by atoms with Crippen molar-refractivity contribution in [3.05, 3.63) is 57.6 Å². The van der Waals surface area contributed by atoms with Gasteiger partial charge in [0, 0.05) is 10.0 Å². The molecule has 0 heterocycles. The lowest BCUT2D eigenvalue weighted by atomic mass is 10.1. The Hall–Kier alpha value is -2.34. The third kappa shape index (κ3) is 4.83. The van der Waals surface area contributed by atoms with Crippen LogP contribution in [0.25, 0.3) is 0 Å². The van der Waals surface area contributed by atoms with Crippen molar-refractivity contribution in [1.82, 2.24) is 5.43 Å². The van der Waals surface area contributed by atoms with Crippen molar-refractivity contribution < 1.29 is 14.3 Å². The summed E-state index contributed by atoms with van der Waals surface area (Å²) in [7, 11) is 1.58. The van der Waals surface area contributed by atoms with Crippen molar-refractivity contribution in [2.24, 2.45) is 5.10 Å². The number of para-hydroxylation sites is 1. The van der Waals surface area contributed by atoms with Crippen LogP contribution in [0.4, 0.5) is 0 Å². The summed E-state index contributed by atoms with van der Waals surface area (Å²) < 4.78 is 11.7. The number of hydrogen-bond donors (Lipinski definition) is 1. The summed E-state index contributed by atoms with van der Waals surface area (Å²) in [4.78, 5) is 11.9. The molecule has 0 saturated heterocycles. The molecular weight excluding hydrogens is 372 g/mol. The number of nitrogens with zero attached hydrogens (tertiary/aromatic N) is 1. The number of carbonyl (C=O) groups is 1. The quantitative estimate of drug-likeness (QED) is 0.605. The van der Waals surface area contributed by atoms with E-state index in [1.165, 1.54) is 6.21 Å². The number of aryl methyl sites for hydroxylation is 2. The van der Waals surface area contributed by atoms with Crippen LogP contribution in [-0.4, -0.2) is 25.8 Å². The number of hydrogen-bond acceptors (Lipinski definition) is 4. The van der Waals surface area contributed by atoms with Crippen LogP contribution in [-0.2, 0) is 4.79 Å². The van der Waals surface area contributed by atoms with E-state index >= 15 is 0 Å². The van der Waals surface area contributed by atoms with Crippen molar-refractivity contribution in [2.75, 3.05) is 13.7 Å². The normalized spacial score (nSPS) is 10.7. The molecule has 0 aromatic heterocycles. The molecule has 2 aromatic rings. The number of carbonyl (C=O) groups excluding carboxylic acids is 1. The highest BCUT2D eigenvalue weighted by Crippen LogP contribution is 2.22. The Morgan fingerprint density at radius 3 is 2.62 bits per heavy atom. The summed E-state index contributed by atoms with van der Waals surface area (Å²) in [5.74, 6) is 1.07. The minimum Gasteiger partial charge on any atom is -0.496 e. The van der Waals surface area contributed by atoms with Gasteiger partial charge in [0.1, 0.15) is 11.5 Å². The summed E-state index contributed by atoms with van der Waals surface area (Å²) >= 11 is 3.39. The zero-order valence-corrected chi connectivity index (χ0v) is 15.4. The number of amides is 1. The van der Waals surface area contributed by atoms with E-state index in [-0.39, 0.29) is 12.5 Å². The first-order valence-corrected chi connectivity index (χ1v) is 8.15. The fourth-order valence-corrected chi connectivity index (χ4v) is 2.56. The van der Waals surface area contributed by atoms with E-state index in [4.69, 9.17) is 9.47 Å². The van der Waals surface area contributed by atoms with Gasteiger partial charge in [-0.2, -0.15) is 5.10 Å². The van der Waals surface area contributed by atoms with Crippen LogP contribution in [0.1, 0.15) is 16.7 Å². The first-order valence-electron chi connectivity index (χ1n) is 7.35. The topological polar surface area (TPSA) is 59.9 Å². The smallest absolute Gasteiger partial charge is 0.277 e. The summed E-state index contributed by atoms with van der Waals surface area (Å²) in [6.07, 6.45) is 1.53. The Labute approximate surface area is 149 Å². The van der Waals surface area contributed by atoms with E-state index < -0.39 is 0 Å². The van der Waals surface area contributed by atoms with Crippen LogP contribution in [0, 0.1) is 13.8 Å². The molecule has 2 rings (SSSR count). The van der Waals surface area contributed by atoms with E-state index in [0.29, 0.717) is 5.75 Å². The van der Waals surface area contributed by atoms with Gasteiger partial charge in [-0.1, -0.05) is 34.1 Å². The van der Waals surface area contributed by atoms with Gasteiger partial charge in [0.2, 0.25) is 0 Å². The minimum absolute atomic E-state index is 0.0986. The second-order valence-electron chi connectivity index (χ2n) is 5.19. The number of ether oxygens (including phenoxy) is 2. The van der Waals surface area contributed by atoms with Gasteiger partial charge in [0.25, 0.3) is 5.91 Å². The molecule has 0 aliphatic rings. The van der Waals surface area contributed by atoms with Crippen molar-refractivity contribution in [1.29, 1.82) is 0 Å². The summed E-state index contributed by atoms with van der Waals surface area (Å²) in [6.45, 7) is 3.79. The number of benzene rings is 2. The average Bonchev–Trinajstić information content (AvgIpc) is 2.54. The Bertz CT molecular complexity index is 740. The fourth-order valence-electron chi connectivity index (χ4n) is 2.18. The number of nitrogens with one attached hydrogen (secondary N) is 1. The highest BCUT2D eigenvalue weighted by Gasteiger charge is 2.07. The highest BCUT2D eigenvalue weighted by atomic mass is 79.9. The van der Waals surface area contributed by atoms with Crippen molar-refractivity contribution >= 4 is 28.1 Å². The van der Waals surface area contributed by atoms with Gasteiger partial charge >= 0.3 is 0 Å². The lowest BCUT2D eigenvalue weighted by molar-refractivity contribution is -0.123. The predicted octanol–water partition coefficient (Wildman–Crippen LogP) is 3.60.